The number of rotatable bonds is 0. The average molecular weight is 209 g/mol. The lowest BCUT2D eigenvalue weighted by molar-refractivity contribution is -0.121. The molecule has 1 heterocycles. The molecule has 1 amide bonds. The maximum atomic E-state index is 11.3. The lowest BCUT2D eigenvalue weighted by Crippen LogP contribution is -2.23. The molecule has 0 aromatic rings. The van der Waals surface area contributed by atoms with Crippen LogP contribution in [-0.2, 0) is 4.79 Å². The standard InChI is InChI=1S/C13H23NO/c15-13-11-9-7-5-3-1-2-4-6-8-10-12-14-13/h4,6H,1-3,5,7-12H2,(H,14,15)/b6-4+. The van der Waals surface area contributed by atoms with Crippen molar-refractivity contribution in [2.45, 2.75) is 57.8 Å². The highest BCUT2D eigenvalue weighted by Crippen LogP contribution is 2.08. The van der Waals surface area contributed by atoms with E-state index in [0.29, 0.717) is 0 Å². The van der Waals surface area contributed by atoms with Crippen molar-refractivity contribution < 1.29 is 4.79 Å². The lowest BCUT2D eigenvalue weighted by Gasteiger charge is -2.05. The van der Waals surface area contributed by atoms with Crippen LogP contribution in [-0.4, -0.2) is 12.5 Å². The molecule has 0 aromatic heterocycles. The predicted molar refractivity (Wildman–Crippen MR) is 63.7 cm³/mol. The molecule has 0 aromatic carbocycles. The number of carbonyl (C=O) groups excluding carboxylic acids is 1. The van der Waals surface area contributed by atoms with Gasteiger partial charge < -0.3 is 5.32 Å². The summed E-state index contributed by atoms with van der Waals surface area (Å²) in [5, 5.41) is 2.96. The Labute approximate surface area is 93.1 Å². The van der Waals surface area contributed by atoms with Crippen molar-refractivity contribution in [1.29, 1.82) is 0 Å². The first-order valence-corrected chi connectivity index (χ1v) is 6.31. The van der Waals surface area contributed by atoms with Gasteiger partial charge in [0.15, 0.2) is 0 Å². The highest BCUT2D eigenvalue weighted by atomic mass is 16.1. The smallest absolute Gasteiger partial charge is 0.219 e. The van der Waals surface area contributed by atoms with Gasteiger partial charge in [-0.05, 0) is 32.1 Å². The largest absolute Gasteiger partial charge is 0.356 e. The van der Waals surface area contributed by atoms with E-state index in [0.717, 1.165) is 32.2 Å². The van der Waals surface area contributed by atoms with E-state index < -0.39 is 0 Å². The second kappa shape index (κ2) is 8.51. The summed E-state index contributed by atoms with van der Waals surface area (Å²) in [6, 6.07) is 0. The molecule has 0 aliphatic carbocycles. The maximum absolute atomic E-state index is 11.3. The van der Waals surface area contributed by atoms with Gasteiger partial charge in [0.25, 0.3) is 0 Å². The van der Waals surface area contributed by atoms with Gasteiger partial charge in [0, 0.05) is 13.0 Å². The third-order valence-electron chi connectivity index (χ3n) is 2.81. The first kappa shape index (κ1) is 12.3. The summed E-state index contributed by atoms with van der Waals surface area (Å²) in [6.07, 6.45) is 14.8. The molecule has 0 fully saturated rings. The molecule has 0 saturated carbocycles. The second-order valence-corrected chi connectivity index (χ2v) is 4.27. The molecule has 86 valence electrons. The van der Waals surface area contributed by atoms with E-state index >= 15 is 0 Å². The Bertz CT molecular complexity index is 199. The highest BCUT2D eigenvalue weighted by Gasteiger charge is 2.00. The zero-order valence-electron chi connectivity index (χ0n) is 9.63. The fourth-order valence-corrected chi connectivity index (χ4v) is 1.85. The minimum Gasteiger partial charge on any atom is -0.356 e. The van der Waals surface area contributed by atoms with Gasteiger partial charge in [-0.15, -0.1) is 0 Å². The van der Waals surface area contributed by atoms with Crippen LogP contribution in [0.15, 0.2) is 12.2 Å². The van der Waals surface area contributed by atoms with Crippen LogP contribution in [0.3, 0.4) is 0 Å². The van der Waals surface area contributed by atoms with E-state index in [-0.39, 0.29) is 5.91 Å². The van der Waals surface area contributed by atoms with E-state index in [1.54, 1.807) is 0 Å². The molecule has 2 nitrogen and oxygen atoms in total. The van der Waals surface area contributed by atoms with Crippen LogP contribution in [0.5, 0.6) is 0 Å². The number of hydrogen-bond donors (Lipinski definition) is 1. The average Bonchev–Trinajstić information content (AvgIpc) is 2.24. The summed E-state index contributed by atoms with van der Waals surface area (Å²) < 4.78 is 0. The Kier molecular flexibility index (Phi) is 6.97. The fourth-order valence-electron chi connectivity index (χ4n) is 1.85. The van der Waals surface area contributed by atoms with Crippen molar-refractivity contribution in [3.05, 3.63) is 12.2 Å². The van der Waals surface area contributed by atoms with E-state index in [1.165, 1.54) is 32.1 Å². The Morgan fingerprint density at radius 2 is 1.53 bits per heavy atom. The summed E-state index contributed by atoms with van der Waals surface area (Å²) in [6.45, 7) is 0.836. The number of allylic oxidation sites excluding steroid dienone is 2. The Hall–Kier alpha value is -0.790. The molecular weight excluding hydrogens is 186 g/mol. The molecule has 0 bridgehead atoms. The molecule has 1 aliphatic rings. The van der Waals surface area contributed by atoms with Crippen molar-refractivity contribution in [3.63, 3.8) is 0 Å². The summed E-state index contributed by atoms with van der Waals surface area (Å²) in [7, 11) is 0. The van der Waals surface area contributed by atoms with Crippen LogP contribution >= 0.6 is 0 Å². The lowest BCUT2D eigenvalue weighted by atomic mass is 10.1. The molecule has 0 radical (unpaired) electrons. The first-order valence-electron chi connectivity index (χ1n) is 6.31. The third-order valence-corrected chi connectivity index (χ3v) is 2.81. The molecule has 2 heteroatoms. The fraction of sp³-hybridized carbons (Fsp3) is 0.769. The summed E-state index contributed by atoms with van der Waals surface area (Å²) in [4.78, 5) is 11.3. The van der Waals surface area contributed by atoms with Crippen molar-refractivity contribution in [3.8, 4) is 0 Å². The topological polar surface area (TPSA) is 29.1 Å². The van der Waals surface area contributed by atoms with Gasteiger partial charge in [-0.1, -0.05) is 31.4 Å². The predicted octanol–water partition coefficient (Wildman–Crippen LogP) is 3.18. The van der Waals surface area contributed by atoms with Crippen LogP contribution in [0, 0.1) is 0 Å². The molecule has 1 rings (SSSR count). The van der Waals surface area contributed by atoms with Gasteiger partial charge in [-0.25, -0.2) is 0 Å². The monoisotopic (exact) mass is 209 g/mol. The zero-order chi connectivity index (χ0) is 10.8. The van der Waals surface area contributed by atoms with Crippen molar-refractivity contribution in [2.24, 2.45) is 0 Å². The molecule has 1 aliphatic heterocycles. The van der Waals surface area contributed by atoms with Gasteiger partial charge in [-0.2, -0.15) is 0 Å². The maximum Gasteiger partial charge on any atom is 0.219 e. The SMILES string of the molecule is O=C1CCCCCCC/C=C/CCCN1. The van der Waals surface area contributed by atoms with Crippen LogP contribution in [0.4, 0.5) is 0 Å². The quantitative estimate of drug-likeness (QED) is 0.610. The van der Waals surface area contributed by atoms with Crippen LogP contribution in [0.2, 0.25) is 0 Å². The van der Waals surface area contributed by atoms with Crippen LogP contribution < -0.4 is 5.32 Å². The van der Waals surface area contributed by atoms with Crippen LogP contribution in [0.1, 0.15) is 57.8 Å². The number of hydrogen-bond acceptors (Lipinski definition) is 1. The van der Waals surface area contributed by atoms with E-state index in [4.69, 9.17) is 0 Å². The molecule has 0 saturated heterocycles. The minimum atomic E-state index is 0.232. The van der Waals surface area contributed by atoms with Gasteiger partial charge in [0.1, 0.15) is 0 Å². The summed E-state index contributed by atoms with van der Waals surface area (Å²) in [5.41, 5.74) is 0. The Morgan fingerprint density at radius 1 is 0.867 bits per heavy atom. The van der Waals surface area contributed by atoms with E-state index in [1.807, 2.05) is 0 Å². The summed E-state index contributed by atoms with van der Waals surface area (Å²) >= 11 is 0. The number of amides is 1. The van der Waals surface area contributed by atoms with Gasteiger partial charge in [0.2, 0.25) is 5.91 Å². The Balaban J connectivity index is 2.21. The number of nitrogens with one attached hydrogen (secondary N) is 1. The molecular formula is C13H23NO. The van der Waals surface area contributed by atoms with Crippen molar-refractivity contribution in [1.82, 2.24) is 5.32 Å². The van der Waals surface area contributed by atoms with E-state index in [2.05, 4.69) is 17.5 Å². The molecule has 0 unspecified atom stereocenters. The highest BCUT2D eigenvalue weighted by molar-refractivity contribution is 5.75. The molecule has 0 atom stereocenters. The summed E-state index contributed by atoms with van der Waals surface area (Å²) in [5.74, 6) is 0.232. The number of carbonyl (C=O) groups is 1. The normalized spacial score (nSPS) is 23.9. The van der Waals surface area contributed by atoms with Gasteiger partial charge >= 0.3 is 0 Å². The molecule has 15 heavy (non-hydrogen) atoms. The first-order chi connectivity index (χ1) is 7.39. The van der Waals surface area contributed by atoms with E-state index in [9.17, 15) is 4.79 Å². The minimum absolute atomic E-state index is 0.232. The van der Waals surface area contributed by atoms with Gasteiger partial charge in [0.05, 0.1) is 0 Å². The Morgan fingerprint density at radius 3 is 2.40 bits per heavy atom. The second-order valence-electron chi connectivity index (χ2n) is 4.27. The zero-order valence-corrected chi connectivity index (χ0v) is 9.63. The third kappa shape index (κ3) is 7.18. The van der Waals surface area contributed by atoms with Crippen molar-refractivity contribution in [2.75, 3.05) is 6.54 Å². The molecule has 1 N–H and O–H groups in total. The van der Waals surface area contributed by atoms with Crippen LogP contribution in [0.25, 0.3) is 0 Å². The van der Waals surface area contributed by atoms with Crippen molar-refractivity contribution >= 4 is 5.91 Å². The van der Waals surface area contributed by atoms with Gasteiger partial charge in [-0.3, -0.25) is 4.79 Å². The molecule has 0 spiro atoms.